The molecule has 4 aromatic rings. The second-order valence-corrected chi connectivity index (χ2v) is 21.6. The largest absolute Gasteiger partial charge is 0.505 e. The summed E-state index contributed by atoms with van der Waals surface area (Å²) in [7, 11) is -28.9. The normalized spacial score (nSPS) is 13.3. The summed E-state index contributed by atoms with van der Waals surface area (Å²) in [6, 6.07) is 9.85. The van der Waals surface area contributed by atoms with E-state index in [1.165, 1.54) is 19.1 Å². The Morgan fingerprint density at radius 1 is 0.531 bits per heavy atom. The molecule has 0 heterocycles. The third kappa shape index (κ3) is 14.7. The van der Waals surface area contributed by atoms with E-state index in [9.17, 15) is 69.8 Å². The number of anilines is 1. The molecule has 4 rings (SSSR count). The SMILES string of the molecule is C=C(C)Nc1cc(N=Nc2cc(N=Nc3ccc(S(=O)(=O)CCOS(=O)(=O)O)cc3S(=O)(=O)O)c(O)cc2O)c(S(=O)(=O)O)cc1N=Nc1ccc(S(=O)(=O)CCOS(=O)(=O)O)cc1. The molecule has 0 saturated heterocycles. The maximum Gasteiger partial charge on any atom is 0.397 e. The molecule has 0 aliphatic rings. The molecular weight excluding hydrogens is 983 g/mol. The van der Waals surface area contributed by atoms with Gasteiger partial charge in [-0.15, -0.1) is 25.6 Å². The van der Waals surface area contributed by atoms with E-state index in [4.69, 9.17) is 9.11 Å². The minimum atomic E-state index is -5.25. The van der Waals surface area contributed by atoms with Crippen molar-refractivity contribution in [1.29, 1.82) is 0 Å². The van der Waals surface area contributed by atoms with Crippen LogP contribution in [0.25, 0.3) is 0 Å². The molecule has 0 atom stereocenters. The van der Waals surface area contributed by atoms with Gasteiger partial charge in [-0.2, -0.15) is 38.8 Å². The molecule has 4 aromatic carbocycles. The highest BCUT2D eigenvalue weighted by atomic mass is 32.3. The lowest BCUT2D eigenvalue weighted by Gasteiger charge is -2.11. The number of azo groups is 3. The predicted molar refractivity (Wildman–Crippen MR) is 219 cm³/mol. The van der Waals surface area contributed by atoms with Crippen LogP contribution in [0.2, 0.25) is 0 Å². The zero-order valence-corrected chi connectivity index (χ0v) is 36.8. The van der Waals surface area contributed by atoms with Gasteiger partial charge in [0.1, 0.15) is 49.7 Å². The first-order valence-corrected chi connectivity index (χ1v) is 25.6. The monoisotopic (exact) mass is 1010 g/mol. The molecule has 0 amide bonds. The van der Waals surface area contributed by atoms with Crippen LogP contribution >= 0.6 is 0 Å². The van der Waals surface area contributed by atoms with Crippen molar-refractivity contribution in [3.8, 4) is 11.5 Å². The molecule has 7 N–H and O–H groups in total. The van der Waals surface area contributed by atoms with Gasteiger partial charge in [0.05, 0.1) is 45.9 Å². The van der Waals surface area contributed by atoms with Crippen molar-refractivity contribution in [2.24, 2.45) is 30.7 Å². The van der Waals surface area contributed by atoms with Gasteiger partial charge in [0.2, 0.25) is 0 Å². The highest BCUT2D eigenvalue weighted by Gasteiger charge is 2.24. The van der Waals surface area contributed by atoms with E-state index in [1.807, 2.05) is 0 Å². The van der Waals surface area contributed by atoms with Gasteiger partial charge in [0.25, 0.3) is 20.2 Å². The average molecular weight is 1010 g/mol. The molecule has 0 radical (unpaired) electrons. The van der Waals surface area contributed by atoms with Gasteiger partial charge in [-0.05, 0) is 61.5 Å². The molecule has 0 aromatic heterocycles. The lowest BCUT2D eigenvalue weighted by molar-refractivity contribution is 0.282. The van der Waals surface area contributed by atoms with Crippen molar-refractivity contribution in [2.45, 2.75) is 26.5 Å². The summed E-state index contributed by atoms with van der Waals surface area (Å²) in [5, 5.41) is 46.4. The number of hydrogen-bond donors (Lipinski definition) is 7. The molecule has 0 bridgehead atoms. The van der Waals surface area contributed by atoms with E-state index in [1.54, 1.807) is 0 Å². The van der Waals surface area contributed by atoms with Crippen molar-refractivity contribution >= 4 is 101 Å². The smallest absolute Gasteiger partial charge is 0.397 e. The first-order chi connectivity index (χ1) is 29.3. The van der Waals surface area contributed by atoms with E-state index in [-0.39, 0.29) is 27.7 Å². The maximum atomic E-state index is 12.6. The Labute approximate surface area is 363 Å². The third-order valence-corrected chi connectivity index (χ3v) is 13.6. The number of nitrogens with one attached hydrogen (secondary N) is 1. The van der Waals surface area contributed by atoms with Crippen LogP contribution in [-0.2, 0) is 69.1 Å². The molecule has 33 heteroatoms. The zero-order valence-electron chi connectivity index (χ0n) is 31.9. The molecular formula is C31H31N7O20S6. The highest BCUT2D eigenvalue weighted by Crippen LogP contribution is 2.42. The summed E-state index contributed by atoms with van der Waals surface area (Å²) in [6.45, 7) is 3.25. The lowest BCUT2D eigenvalue weighted by atomic mass is 10.2. The van der Waals surface area contributed by atoms with E-state index in [0.717, 1.165) is 42.5 Å². The Morgan fingerprint density at radius 2 is 0.969 bits per heavy atom. The molecule has 0 aliphatic heterocycles. The summed E-state index contributed by atoms with van der Waals surface area (Å²) < 4.78 is 188. The van der Waals surface area contributed by atoms with Gasteiger partial charge < -0.3 is 15.5 Å². The Balaban J connectivity index is 1.69. The van der Waals surface area contributed by atoms with Crippen LogP contribution in [0.15, 0.2) is 129 Å². The average Bonchev–Trinajstić information content (AvgIpc) is 3.14. The molecule has 64 heavy (non-hydrogen) atoms. The fraction of sp³-hybridized carbons (Fsp3) is 0.161. The summed E-state index contributed by atoms with van der Waals surface area (Å²) in [5.41, 5.74) is -2.44. The van der Waals surface area contributed by atoms with Crippen LogP contribution in [0.1, 0.15) is 6.92 Å². The van der Waals surface area contributed by atoms with E-state index < -0.39 is 134 Å². The first kappa shape index (κ1) is 50.9. The lowest BCUT2D eigenvalue weighted by Crippen LogP contribution is -2.16. The molecule has 0 aliphatic carbocycles. The number of hydrogen-bond acceptors (Lipinski definition) is 23. The number of allylic oxidation sites excluding steroid dienone is 1. The fourth-order valence-corrected chi connectivity index (χ4v) is 9.08. The minimum absolute atomic E-state index is 0.0172. The third-order valence-electron chi connectivity index (χ3n) is 7.51. The number of nitrogens with zero attached hydrogens (tertiary/aromatic N) is 6. The first-order valence-electron chi connectivity index (χ1n) is 16.6. The van der Waals surface area contributed by atoms with E-state index in [0.29, 0.717) is 12.1 Å². The quantitative estimate of drug-likeness (QED) is 0.0454. The van der Waals surface area contributed by atoms with Gasteiger partial charge in [0, 0.05) is 17.8 Å². The predicted octanol–water partition coefficient (Wildman–Crippen LogP) is 4.97. The highest BCUT2D eigenvalue weighted by molar-refractivity contribution is 7.92. The maximum absolute atomic E-state index is 12.6. The molecule has 0 unspecified atom stereocenters. The summed E-state index contributed by atoms with van der Waals surface area (Å²) in [4.78, 5) is -3.09. The van der Waals surface area contributed by atoms with Crippen molar-refractivity contribution in [3.63, 3.8) is 0 Å². The standard InChI is InChI=1S/C31H31N7O20S6/c1-18(2)32-23-14-27(31(62(48,49)50)16-24(23)35-33-19-3-5-20(6-4-19)59(41,42)11-9-57-63(51,52)53)38-37-26-15-25(28(39)17-29(26)40)36-34-22-8-7-21(13-30(22)61(45,46)47)60(43,44)12-10-58-64(54,55)56/h3-8,13-17,32,39-40H,1,9-12H2,2H3,(H,45,46,47)(H,48,49,50)(H,51,52,53)(H,54,55,56). The van der Waals surface area contributed by atoms with Crippen LogP contribution in [0, 0.1) is 0 Å². The number of sulfone groups is 2. The molecule has 0 fully saturated rings. The van der Waals surface area contributed by atoms with Gasteiger partial charge in [-0.3, -0.25) is 18.2 Å². The van der Waals surface area contributed by atoms with Crippen LogP contribution in [0.3, 0.4) is 0 Å². The van der Waals surface area contributed by atoms with Crippen LogP contribution < -0.4 is 5.32 Å². The molecule has 0 spiro atoms. The van der Waals surface area contributed by atoms with Gasteiger partial charge >= 0.3 is 20.8 Å². The Bertz CT molecular complexity index is 3270. The van der Waals surface area contributed by atoms with Crippen molar-refractivity contribution in [2.75, 3.05) is 30.0 Å². The fourth-order valence-electron chi connectivity index (χ4n) is 4.73. The van der Waals surface area contributed by atoms with Crippen molar-refractivity contribution in [3.05, 3.63) is 79.0 Å². The van der Waals surface area contributed by atoms with Gasteiger partial charge in [0.15, 0.2) is 19.7 Å². The topological polar surface area (TPSA) is 431 Å². The van der Waals surface area contributed by atoms with Crippen LogP contribution in [0.4, 0.5) is 39.8 Å². The van der Waals surface area contributed by atoms with Crippen molar-refractivity contribution < 1.29 is 87.3 Å². The molecule has 0 saturated carbocycles. The van der Waals surface area contributed by atoms with Gasteiger partial charge in [-0.25, -0.2) is 25.2 Å². The Hall–Kier alpha value is -5.72. The second-order valence-electron chi connectivity index (χ2n) is 12.4. The number of rotatable bonds is 20. The second kappa shape index (κ2) is 19.6. The Kier molecular flexibility index (Phi) is 15.6. The van der Waals surface area contributed by atoms with E-state index >= 15 is 0 Å². The molecule has 346 valence electrons. The number of aromatic hydroxyl groups is 2. The van der Waals surface area contributed by atoms with Gasteiger partial charge in [-0.1, -0.05) is 6.58 Å². The van der Waals surface area contributed by atoms with Crippen LogP contribution in [-0.4, -0.2) is 104 Å². The van der Waals surface area contributed by atoms with Crippen LogP contribution in [0.5, 0.6) is 11.5 Å². The Morgan fingerprint density at radius 3 is 1.45 bits per heavy atom. The van der Waals surface area contributed by atoms with Crippen molar-refractivity contribution in [1.82, 2.24) is 0 Å². The summed E-state index contributed by atoms with van der Waals surface area (Å²) in [6.07, 6.45) is 0. The zero-order chi connectivity index (χ0) is 48.1. The molecule has 27 nitrogen and oxygen atoms in total. The number of phenols is 2. The number of benzene rings is 4. The minimum Gasteiger partial charge on any atom is -0.505 e. The summed E-state index contributed by atoms with van der Waals surface area (Å²) >= 11 is 0. The van der Waals surface area contributed by atoms with E-state index in [2.05, 4.69) is 50.9 Å². The number of phenolic OH excluding ortho intramolecular Hbond substituents is 2. The summed E-state index contributed by atoms with van der Waals surface area (Å²) in [5.74, 6) is -3.49.